The van der Waals surface area contributed by atoms with Crippen molar-refractivity contribution in [1.29, 1.82) is 0 Å². The highest BCUT2D eigenvalue weighted by Crippen LogP contribution is 2.12. The Kier molecular flexibility index (Phi) is 2.35. The number of hydrogen-bond acceptors (Lipinski definition) is 6. The number of anilines is 1. The molecule has 0 radical (unpaired) electrons. The molecular weight excluding hydrogens is 182 g/mol. The van der Waals surface area contributed by atoms with Crippen LogP contribution < -0.4 is 5.32 Å². The Balaban J connectivity index is 2.25. The number of nitrogens with one attached hydrogen (secondary N) is 1. The van der Waals surface area contributed by atoms with Crippen LogP contribution in [0, 0.1) is 0 Å². The van der Waals surface area contributed by atoms with Crippen molar-refractivity contribution in [3.8, 4) is 11.5 Å². The molecule has 0 saturated carbocycles. The number of hydrogen-bond donors (Lipinski definition) is 1. The summed E-state index contributed by atoms with van der Waals surface area (Å²) in [4.78, 5) is 12.0. The third kappa shape index (κ3) is 1.68. The molecule has 1 N–H and O–H groups in total. The van der Waals surface area contributed by atoms with Gasteiger partial charge in [-0.25, -0.2) is 4.98 Å². The molecule has 6 heteroatoms. The molecule has 2 heterocycles. The Labute approximate surface area is 80.4 Å². The molecular formula is C8H9N5O. The Morgan fingerprint density at radius 3 is 3.07 bits per heavy atom. The van der Waals surface area contributed by atoms with Gasteiger partial charge in [0.05, 0.1) is 6.20 Å². The average molecular weight is 191 g/mol. The van der Waals surface area contributed by atoms with E-state index in [9.17, 15) is 0 Å². The summed E-state index contributed by atoms with van der Waals surface area (Å²) in [5.74, 6) is 0.439. The van der Waals surface area contributed by atoms with Gasteiger partial charge in [-0.05, 0) is 6.92 Å². The zero-order chi connectivity index (χ0) is 9.80. The van der Waals surface area contributed by atoms with Crippen molar-refractivity contribution in [2.45, 2.75) is 6.92 Å². The van der Waals surface area contributed by atoms with E-state index in [1.165, 1.54) is 0 Å². The smallest absolute Gasteiger partial charge is 0.321 e. The van der Waals surface area contributed by atoms with Crippen molar-refractivity contribution in [3.05, 3.63) is 18.6 Å². The van der Waals surface area contributed by atoms with E-state index in [4.69, 9.17) is 4.52 Å². The molecule has 0 aliphatic carbocycles. The first-order valence-electron chi connectivity index (χ1n) is 4.24. The molecule has 0 atom stereocenters. The fraction of sp³-hybridized carbons (Fsp3) is 0.250. The highest BCUT2D eigenvalue weighted by Gasteiger charge is 2.07. The molecule has 0 amide bonds. The molecule has 2 aromatic heterocycles. The Morgan fingerprint density at radius 1 is 1.43 bits per heavy atom. The minimum absolute atomic E-state index is 0.396. The summed E-state index contributed by atoms with van der Waals surface area (Å²) < 4.78 is 4.92. The van der Waals surface area contributed by atoms with E-state index in [-0.39, 0.29) is 0 Å². The highest BCUT2D eigenvalue weighted by molar-refractivity contribution is 5.47. The Bertz CT molecular complexity index is 399. The van der Waals surface area contributed by atoms with E-state index >= 15 is 0 Å². The van der Waals surface area contributed by atoms with E-state index in [1.807, 2.05) is 6.92 Å². The Hall–Kier alpha value is -1.98. The van der Waals surface area contributed by atoms with Crippen molar-refractivity contribution in [3.63, 3.8) is 0 Å². The van der Waals surface area contributed by atoms with Gasteiger partial charge in [-0.2, -0.15) is 4.98 Å². The first-order valence-corrected chi connectivity index (χ1v) is 4.24. The Morgan fingerprint density at radius 2 is 2.36 bits per heavy atom. The van der Waals surface area contributed by atoms with Crippen molar-refractivity contribution in [2.24, 2.45) is 0 Å². The van der Waals surface area contributed by atoms with Gasteiger partial charge in [0.15, 0.2) is 0 Å². The minimum Gasteiger partial charge on any atom is -0.338 e. The predicted octanol–water partition coefficient (Wildman–Crippen LogP) is 0.958. The van der Waals surface area contributed by atoms with E-state index < -0.39 is 0 Å². The van der Waals surface area contributed by atoms with E-state index in [0.717, 1.165) is 6.54 Å². The highest BCUT2D eigenvalue weighted by atomic mass is 16.5. The molecule has 0 aromatic carbocycles. The molecule has 0 bridgehead atoms. The normalized spacial score (nSPS) is 10.1. The molecule has 2 rings (SSSR count). The van der Waals surface area contributed by atoms with Crippen LogP contribution in [0.25, 0.3) is 11.5 Å². The van der Waals surface area contributed by atoms with Crippen molar-refractivity contribution in [2.75, 3.05) is 11.9 Å². The van der Waals surface area contributed by atoms with Crippen LogP contribution in [-0.4, -0.2) is 26.7 Å². The molecule has 0 aliphatic rings. The fourth-order valence-electron chi connectivity index (χ4n) is 0.965. The fourth-order valence-corrected chi connectivity index (χ4v) is 0.965. The SMILES string of the molecule is CCNc1nc(-c2cnccn2)no1. The standard InChI is InChI=1S/C8H9N5O/c1-2-10-8-12-7(13-14-8)6-5-9-3-4-11-6/h3-5H,2H2,1H3,(H,10,12,13). The molecule has 0 spiro atoms. The van der Waals surface area contributed by atoms with Crippen molar-refractivity contribution < 1.29 is 4.52 Å². The van der Waals surface area contributed by atoms with Crippen molar-refractivity contribution >= 4 is 6.01 Å². The van der Waals surface area contributed by atoms with Crippen LogP contribution in [0.15, 0.2) is 23.1 Å². The topological polar surface area (TPSA) is 76.7 Å². The quantitative estimate of drug-likeness (QED) is 0.778. The molecule has 72 valence electrons. The first-order chi connectivity index (χ1) is 6.90. The van der Waals surface area contributed by atoms with Crippen LogP contribution >= 0.6 is 0 Å². The summed E-state index contributed by atoms with van der Waals surface area (Å²) in [5.41, 5.74) is 0.598. The summed E-state index contributed by atoms with van der Waals surface area (Å²) in [5, 5.41) is 6.66. The van der Waals surface area contributed by atoms with Gasteiger partial charge in [0.1, 0.15) is 5.69 Å². The lowest BCUT2D eigenvalue weighted by molar-refractivity contribution is 0.432. The third-order valence-corrected chi connectivity index (χ3v) is 1.55. The van der Waals surface area contributed by atoms with E-state index in [1.54, 1.807) is 18.6 Å². The summed E-state index contributed by atoms with van der Waals surface area (Å²) >= 11 is 0. The molecule has 0 saturated heterocycles. The molecule has 0 unspecified atom stereocenters. The van der Waals surface area contributed by atoms with E-state index in [2.05, 4.69) is 25.4 Å². The lowest BCUT2D eigenvalue weighted by Crippen LogP contribution is -1.96. The molecule has 14 heavy (non-hydrogen) atoms. The maximum absolute atomic E-state index is 4.92. The van der Waals surface area contributed by atoms with Crippen LogP contribution in [0.4, 0.5) is 6.01 Å². The molecule has 2 aromatic rings. The number of rotatable bonds is 3. The van der Waals surface area contributed by atoms with Gasteiger partial charge in [-0.15, -0.1) is 0 Å². The first kappa shape index (κ1) is 8.61. The second-order valence-electron chi connectivity index (χ2n) is 2.54. The van der Waals surface area contributed by atoms with Crippen molar-refractivity contribution in [1.82, 2.24) is 20.1 Å². The van der Waals surface area contributed by atoms with Gasteiger partial charge in [0, 0.05) is 18.9 Å². The van der Waals surface area contributed by atoms with Gasteiger partial charge in [0.2, 0.25) is 5.82 Å². The lowest BCUT2D eigenvalue weighted by atomic mass is 10.4. The second kappa shape index (κ2) is 3.82. The summed E-state index contributed by atoms with van der Waals surface area (Å²) in [6, 6.07) is 0.396. The second-order valence-corrected chi connectivity index (χ2v) is 2.54. The third-order valence-electron chi connectivity index (χ3n) is 1.55. The largest absolute Gasteiger partial charge is 0.338 e. The van der Waals surface area contributed by atoms with Crippen LogP contribution in [-0.2, 0) is 0 Å². The van der Waals surface area contributed by atoms with Crippen LogP contribution in [0.2, 0.25) is 0 Å². The van der Waals surface area contributed by atoms with Gasteiger partial charge in [-0.3, -0.25) is 4.98 Å². The van der Waals surface area contributed by atoms with Gasteiger partial charge in [0.25, 0.3) is 0 Å². The maximum Gasteiger partial charge on any atom is 0.321 e. The average Bonchev–Trinajstić information content (AvgIpc) is 2.68. The summed E-state index contributed by atoms with van der Waals surface area (Å²) in [6.45, 7) is 2.69. The van der Waals surface area contributed by atoms with Gasteiger partial charge >= 0.3 is 6.01 Å². The monoisotopic (exact) mass is 191 g/mol. The zero-order valence-electron chi connectivity index (χ0n) is 7.64. The number of aromatic nitrogens is 4. The summed E-state index contributed by atoms with van der Waals surface area (Å²) in [6.07, 6.45) is 4.76. The van der Waals surface area contributed by atoms with Crippen LogP contribution in [0.5, 0.6) is 0 Å². The molecule has 6 nitrogen and oxygen atoms in total. The van der Waals surface area contributed by atoms with Crippen LogP contribution in [0.3, 0.4) is 0 Å². The zero-order valence-corrected chi connectivity index (χ0v) is 7.64. The maximum atomic E-state index is 4.92. The minimum atomic E-state index is 0.396. The summed E-state index contributed by atoms with van der Waals surface area (Å²) in [7, 11) is 0. The van der Waals surface area contributed by atoms with Crippen LogP contribution in [0.1, 0.15) is 6.92 Å². The number of nitrogens with zero attached hydrogens (tertiary/aromatic N) is 4. The van der Waals surface area contributed by atoms with Gasteiger partial charge in [-0.1, -0.05) is 5.16 Å². The van der Waals surface area contributed by atoms with Gasteiger partial charge < -0.3 is 9.84 Å². The lowest BCUT2D eigenvalue weighted by Gasteiger charge is -1.90. The molecule has 0 aliphatic heterocycles. The molecule has 0 fully saturated rings. The van der Waals surface area contributed by atoms with E-state index in [0.29, 0.717) is 17.5 Å². The predicted molar refractivity (Wildman–Crippen MR) is 49.5 cm³/mol.